The van der Waals surface area contributed by atoms with E-state index in [4.69, 9.17) is 0 Å². The smallest absolute Gasteiger partial charge is 0.252 e. The molecule has 0 bridgehead atoms. The Morgan fingerprint density at radius 1 is 1.16 bits per heavy atom. The molecule has 0 aliphatic rings. The molecule has 0 aliphatic carbocycles. The van der Waals surface area contributed by atoms with E-state index in [2.05, 4.69) is 20.5 Å². The third-order valence-corrected chi connectivity index (χ3v) is 4.07. The summed E-state index contributed by atoms with van der Waals surface area (Å²) in [6, 6.07) is 13.7. The van der Waals surface area contributed by atoms with Gasteiger partial charge >= 0.3 is 0 Å². The maximum atomic E-state index is 12.7. The van der Waals surface area contributed by atoms with Crippen LogP contribution in [0.1, 0.15) is 29.1 Å². The first kappa shape index (κ1) is 15.1. The summed E-state index contributed by atoms with van der Waals surface area (Å²) in [7, 11) is 0. The Kier molecular flexibility index (Phi) is 3.53. The minimum Gasteiger partial charge on any atom is -0.342 e. The average Bonchev–Trinajstić information content (AvgIpc) is 3.05. The van der Waals surface area contributed by atoms with Crippen molar-refractivity contribution in [1.29, 1.82) is 0 Å². The number of aromatic amines is 1. The van der Waals surface area contributed by atoms with Crippen molar-refractivity contribution in [3.8, 4) is 0 Å². The van der Waals surface area contributed by atoms with E-state index in [0.717, 1.165) is 0 Å². The van der Waals surface area contributed by atoms with E-state index in [0.29, 0.717) is 27.9 Å². The number of carbonyl (C=O) groups is 1. The van der Waals surface area contributed by atoms with Crippen LogP contribution >= 0.6 is 0 Å². The lowest BCUT2D eigenvalue weighted by Crippen LogP contribution is -2.29. The zero-order valence-corrected chi connectivity index (χ0v) is 13.4. The molecule has 4 rings (SSSR count). The fourth-order valence-corrected chi connectivity index (χ4v) is 2.89. The predicted octanol–water partition coefficient (Wildman–Crippen LogP) is 2.06. The van der Waals surface area contributed by atoms with Crippen LogP contribution in [0, 0.1) is 0 Å². The summed E-state index contributed by atoms with van der Waals surface area (Å²) in [6.45, 7) is 1.83. The Morgan fingerprint density at radius 3 is 2.84 bits per heavy atom. The molecule has 0 aliphatic heterocycles. The second kappa shape index (κ2) is 5.86. The van der Waals surface area contributed by atoms with Crippen LogP contribution in [0.25, 0.3) is 16.6 Å². The molecule has 2 N–H and O–H groups in total. The summed E-state index contributed by atoms with van der Waals surface area (Å²) in [5, 5.41) is 11.8. The number of benzene rings is 1. The minimum absolute atomic E-state index is 0.315. The molecule has 1 atom stereocenters. The predicted molar refractivity (Wildman–Crippen MR) is 93.4 cm³/mol. The molecule has 1 aromatic carbocycles. The monoisotopic (exact) mass is 333 g/mol. The molecule has 4 aromatic rings. The van der Waals surface area contributed by atoms with Crippen molar-refractivity contribution >= 4 is 22.5 Å². The van der Waals surface area contributed by atoms with E-state index in [-0.39, 0.29) is 17.5 Å². The van der Waals surface area contributed by atoms with Gasteiger partial charge in [-0.25, -0.2) is 0 Å². The minimum atomic E-state index is -0.372. The molecule has 3 aromatic heterocycles. The normalized spacial score (nSPS) is 12.4. The van der Waals surface area contributed by atoms with Crippen LogP contribution in [0.15, 0.2) is 59.5 Å². The van der Waals surface area contributed by atoms with Crippen molar-refractivity contribution in [2.24, 2.45) is 0 Å². The number of para-hydroxylation sites is 1. The van der Waals surface area contributed by atoms with Gasteiger partial charge in [0.2, 0.25) is 5.56 Å². The van der Waals surface area contributed by atoms with Gasteiger partial charge < -0.3 is 10.3 Å². The molecule has 0 radical (unpaired) electrons. The Hall–Kier alpha value is -3.48. The fourth-order valence-electron chi connectivity index (χ4n) is 2.89. The lowest BCUT2D eigenvalue weighted by atomic mass is 10.1. The van der Waals surface area contributed by atoms with E-state index in [1.165, 1.54) is 6.07 Å². The summed E-state index contributed by atoms with van der Waals surface area (Å²) in [6.07, 6.45) is 1.84. The van der Waals surface area contributed by atoms with Gasteiger partial charge in [-0.2, -0.15) is 0 Å². The largest absolute Gasteiger partial charge is 0.342 e. The number of carbonyl (C=O) groups excluding carboxylic acids is 1. The molecule has 124 valence electrons. The number of H-pyrrole nitrogens is 1. The SMILES string of the molecule is C[C@H](NC(=O)c1cc(=O)[nH]c2ccccc12)c1nnc2ccccn12. The lowest BCUT2D eigenvalue weighted by molar-refractivity contribution is 0.0939. The van der Waals surface area contributed by atoms with Gasteiger partial charge in [0.05, 0.1) is 11.6 Å². The molecule has 1 amide bonds. The molecule has 0 spiro atoms. The highest BCUT2D eigenvalue weighted by molar-refractivity contribution is 6.06. The summed E-state index contributed by atoms with van der Waals surface area (Å²) in [5.74, 6) is 0.292. The maximum Gasteiger partial charge on any atom is 0.252 e. The van der Waals surface area contributed by atoms with E-state index >= 15 is 0 Å². The molecule has 25 heavy (non-hydrogen) atoms. The first-order valence-electron chi connectivity index (χ1n) is 7.86. The van der Waals surface area contributed by atoms with E-state index in [1.807, 2.05) is 47.9 Å². The van der Waals surface area contributed by atoms with Crippen LogP contribution in [0.4, 0.5) is 0 Å². The number of nitrogens with zero attached hydrogens (tertiary/aromatic N) is 3. The Bertz CT molecular complexity index is 1140. The van der Waals surface area contributed by atoms with Gasteiger partial charge in [0.15, 0.2) is 11.5 Å². The first-order chi connectivity index (χ1) is 12.1. The van der Waals surface area contributed by atoms with Gasteiger partial charge in [0, 0.05) is 23.2 Å². The number of amides is 1. The Balaban J connectivity index is 1.69. The van der Waals surface area contributed by atoms with Gasteiger partial charge in [-0.1, -0.05) is 24.3 Å². The maximum absolute atomic E-state index is 12.7. The molecule has 0 saturated heterocycles. The van der Waals surface area contributed by atoms with Gasteiger partial charge in [0.25, 0.3) is 5.91 Å². The second-order valence-corrected chi connectivity index (χ2v) is 5.78. The van der Waals surface area contributed by atoms with Gasteiger partial charge in [0.1, 0.15) is 0 Å². The Labute approximate surface area is 142 Å². The molecule has 0 unspecified atom stereocenters. The quantitative estimate of drug-likeness (QED) is 0.600. The van der Waals surface area contributed by atoms with Crippen molar-refractivity contribution in [3.63, 3.8) is 0 Å². The van der Waals surface area contributed by atoms with E-state index < -0.39 is 0 Å². The number of pyridine rings is 2. The van der Waals surface area contributed by atoms with Gasteiger partial charge in [-0.05, 0) is 25.1 Å². The highest BCUT2D eigenvalue weighted by Crippen LogP contribution is 2.17. The topological polar surface area (TPSA) is 92.1 Å². The zero-order chi connectivity index (χ0) is 17.4. The molecule has 3 heterocycles. The van der Waals surface area contributed by atoms with Crippen molar-refractivity contribution < 1.29 is 4.79 Å². The van der Waals surface area contributed by atoms with Crippen LogP contribution in [-0.4, -0.2) is 25.5 Å². The van der Waals surface area contributed by atoms with Crippen molar-refractivity contribution in [3.05, 3.63) is 76.5 Å². The molecular weight excluding hydrogens is 318 g/mol. The molecular formula is C18H15N5O2. The average molecular weight is 333 g/mol. The molecule has 0 saturated carbocycles. The lowest BCUT2D eigenvalue weighted by Gasteiger charge is -2.13. The number of nitrogens with one attached hydrogen (secondary N) is 2. The summed E-state index contributed by atoms with van der Waals surface area (Å²) < 4.78 is 1.82. The Morgan fingerprint density at radius 2 is 1.96 bits per heavy atom. The second-order valence-electron chi connectivity index (χ2n) is 5.78. The van der Waals surface area contributed by atoms with Crippen LogP contribution in [0.2, 0.25) is 0 Å². The summed E-state index contributed by atoms with van der Waals surface area (Å²) >= 11 is 0. The van der Waals surface area contributed by atoms with Crippen molar-refractivity contribution in [2.75, 3.05) is 0 Å². The molecule has 0 fully saturated rings. The third-order valence-electron chi connectivity index (χ3n) is 4.07. The number of aromatic nitrogens is 4. The van der Waals surface area contributed by atoms with Crippen LogP contribution in [0.3, 0.4) is 0 Å². The van der Waals surface area contributed by atoms with Gasteiger partial charge in [-0.3, -0.25) is 14.0 Å². The standard InChI is InChI=1S/C18H15N5O2/c1-11(17-22-21-15-8-4-5-9-23(15)17)19-18(25)13-10-16(24)20-14-7-3-2-6-12(13)14/h2-11H,1H3,(H,19,25)(H,20,24)/t11-/m0/s1. The van der Waals surface area contributed by atoms with Crippen molar-refractivity contribution in [2.45, 2.75) is 13.0 Å². The molecule has 7 nitrogen and oxygen atoms in total. The molecule has 7 heteroatoms. The van der Waals surface area contributed by atoms with Crippen molar-refractivity contribution in [1.82, 2.24) is 24.9 Å². The number of hydrogen-bond donors (Lipinski definition) is 2. The number of fused-ring (bicyclic) bond motifs is 2. The fraction of sp³-hybridized carbons (Fsp3) is 0.111. The van der Waals surface area contributed by atoms with E-state index in [9.17, 15) is 9.59 Å². The summed E-state index contributed by atoms with van der Waals surface area (Å²) in [4.78, 5) is 27.3. The third kappa shape index (κ3) is 2.65. The van der Waals surface area contributed by atoms with Crippen LogP contribution in [0.5, 0.6) is 0 Å². The number of rotatable bonds is 3. The highest BCUT2D eigenvalue weighted by Gasteiger charge is 2.18. The van der Waals surface area contributed by atoms with Crippen LogP contribution in [-0.2, 0) is 0 Å². The van der Waals surface area contributed by atoms with E-state index in [1.54, 1.807) is 12.1 Å². The first-order valence-corrected chi connectivity index (χ1v) is 7.86. The number of hydrogen-bond acceptors (Lipinski definition) is 4. The van der Waals surface area contributed by atoms with Crippen LogP contribution < -0.4 is 10.9 Å². The zero-order valence-electron chi connectivity index (χ0n) is 13.4. The van der Waals surface area contributed by atoms with Gasteiger partial charge in [-0.15, -0.1) is 10.2 Å². The highest BCUT2D eigenvalue weighted by atomic mass is 16.2. The summed E-state index contributed by atoms with van der Waals surface area (Å²) in [5.41, 5.74) is 1.35.